The van der Waals surface area contributed by atoms with Gasteiger partial charge in [-0.2, -0.15) is 0 Å². The molecule has 0 aliphatic heterocycles. The highest BCUT2D eigenvalue weighted by Crippen LogP contribution is 2.20. The lowest BCUT2D eigenvalue weighted by Crippen LogP contribution is -2.23. The average Bonchev–Trinajstić information content (AvgIpc) is 2.84. The Morgan fingerprint density at radius 2 is 2.38 bits per heavy atom. The maximum absolute atomic E-state index is 11.8. The standard InChI is InChI=1S/C11H13N3OS/c1-7-5-9(8(2)16-7)11(15)14-6-10-12-3-4-13-10/h3-5H,6H2,1-2H3,(H,12,13)(H,14,15). The van der Waals surface area contributed by atoms with E-state index in [1.54, 1.807) is 23.7 Å². The fourth-order valence-electron chi connectivity index (χ4n) is 1.51. The first-order chi connectivity index (χ1) is 7.66. The zero-order chi connectivity index (χ0) is 11.5. The summed E-state index contributed by atoms with van der Waals surface area (Å²) in [6, 6.07) is 1.91. The molecule has 4 nitrogen and oxygen atoms in total. The van der Waals surface area contributed by atoms with Gasteiger partial charge in [-0.25, -0.2) is 4.98 Å². The minimum atomic E-state index is -0.0433. The summed E-state index contributed by atoms with van der Waals surface area (Å²) < 4.78 is 0. The molecule has 2 heterocycles. The van der Waals surface area contributed by atoms with E-state index in [1.165, 1.54) is 0 Å². The van der Waals surface area contributed by atoms with Gasteiger partial charge in [0.25, 0.3) is 5.91 Å². The number of nitrogens with one attached hydrogen (secondary N) is 2. The molecule has 0 spiro atoms. The van der Waals surface area contributed by atoms with Crippen molar-refractivity contribution in [3.8, 4) is 0 Å². The van der Waals surface area contributed by atoms with Gasteiger partial charge in [0, 0.05) is 22.1 Å². The van der Waals surface area contributed by atoms with Crippen LogP contribution in [0.3, 0.4) is 0 Å². The lowest BCUT2D eigenvalue weighted by Gasteiger charge is -2.02. The monoisotopic (exact) mass is 235 g/mol. The van der Waals surface area contributed by atoms with Gasteiger partial charge in [0.05, 0.1) is 12.1 Å². The predicted molar refractivity (Wildman–Crippen MR) is 63.6 cm³/mol. The zero-order valence-corrected chi connectivity index (χ0v) is 10.0. The van der Waals surface area contributed by atoms with E-state index in [4.69, 9.17) is 0 Å². The normalized spacial score (nSPS) is 10.4. The van der Waals surface area contributed by atoms with E-state index >= 15 is 0 Å². The molecular formula is C11H13N3OS. The van der Waals surface area contributed by atoms with Gasteiger partial charge in [0.2, 0.25) is 0 Å². The van der Waals surface area contributed by atoms with Crippen molar-refractivity contribution in [1.29, 1.82) is 0 Å². The molecular weight excluding hydrogens is 222 g/mol. The number of aromatic amines is 1. The van der Waals surface area contributed by atoms with Crippen LogP contribution in [0.5, 0.6) is 0 Å². The molecule has 2 aromatic rings. The fourth-order valence-corrected chi connectivity index (χ4v) is 2.43. The molecule has 0 fully saturated rings. The van der Waals surface area contributed by atoms with E-state index in [1.807, 2.05) is 19.9 Å². The van der Waals surface area contributed by atoms with Crippen molar-refractivity contribution < 1.29 is 4.79 Å². The number of hydrogen-bond donors (Lipinski definition) is 2. The van der Waals surface area contributed by atoms with Crippen molar-refractivity contribution in [2.24, 2.45) is 0 Å². The Bertz CT molecular complexity index is 487. The van der Waals surface area contributed by atoms with Crippen LogP contribution in [-0.4, -0.2) is 15.9 Å². The first-order valence-electron chi connectivity index (χ1n) is 5.00. The van der Waals surface area contributed by atoms with Gasteiger partial charge < -0.3 is 10.3 Å². The Hall–Kier alpha value is -1.62. The highest BCUT2D eigenvalue weighted by Gasteiger charge is 2.11. The second-order valence-corrected chi connectivity index (χ2v) is 5.01. The number of nitrogens with zero attached hydrogens (tertiary/aromatic N) is 1. The second kappa shape index (κ2) is 4.49. The molecule has 16 heavy (non-hydrogen) atoms. The number of hydrogen-bond acceptors (Lipinski definition) is 3. The molecule has 0 aromatic carbocycles. The Morgan fingerprint density at radius 3 is 2.94 bits per heavy atom. The molecule has 1 amide bonds. The molecule has 2 rings (SSSR count). The number of aromatic nitrogens is 2. The van der Waals surface area contributed by atoms with E-state index in [2.05, 4.69) is 15.3 Å². The van der Waals surface area contributed by atoms with Crippen molar-refractivity contribution >= 4 is 17.2 Å². The van der Waals surface area contributed by atoms with Crippen LogP contribution in [0.25, 0.3) is 0 Å². The van der Waals surface area contributed by atoms with Crippen LogP contribution >= 0.6 is 11.3 Å². The molecule has 0 aliphatic rings. The molecule has 84 valence electrons. The number of thiophene rings is 1. The number of amides is 1. The van der Waals surface area contributed by atoms with Crippen LogP contribution in [0.2, 0.25) is 0 Å². The summed E-state index contributed by atoms with van der Waals surface area (Å²) in [5.41, 5.74) is 0.758. The minimum Gasteiger partial charge on any atom is -0.347 e. The molecule has 0 aliphatic carbocycles. The highest BCUT2D eigenvalue weighted by molar-refractivity contribution is 7.12. The summed E-state index contributed by atoms with van der Waals surface area (Å²) in [6.07, 6.45) is 3.41. The largest absolute Gasteiger partial charge is 0.347 e. The third-order valence-corrected chi connectivity index (χ3v) is 3.22. The summed E-state index contributed by atoms with van der Waals surface area (Å²) >= 11 is 1.64. The van der Waals surface area contributed by atoms with Gasteiger partial charge in [-0.15, -0.1) is 11.3 Å². The van der Waals surface area contributed by atoms with Crippen LogP contribution in [0.4, 0.5) is 0 Å². The SMILES string of the molecule is Cc1cc(C(=O)NCc2ncc[nH]2)c(C)s1. The van der Waals surface area contributed by atoms with Crippen molar-refractivity contribution in [3.05, 3.63) is 39.6 Å². The molecule has 0 saturated heterocycles. The molecule has 0 bridgehead atoms. The second-order valence-electron chi connectivity index (χ2n) is 3.55. The molecule has 2 N–H and O–H groups in total. The Morgan fingerprint density at radius 1 is 1.56 bits per heavy atom. The van der Waals surface area contributed by atoms with Crippen LogP contribution in [0.15, 0.2) is 18.5 Å². The smallest absolute Gasteiger partial charge is 0.252 e. The summed E-state index contributed by atoms with van der Waals surface area (Å²) in [5.74, 6) is 0.719. The Balaban J connectivity index is 2.01. The van der Waals surface area contributed by atoms with E-state index in [9.17, 15) is 4.79 Å². The van der Waals surface area contributed by atoms with Crippen molar-refractivity contribution in [2.45, 2.75) is 20.4 Å². The third kappa shape index (κ3) is 2.30. The number of carbonyl (C=O) groups excluding carboxylic acids is 1. The Labute approximate surface area is 97.7 Å². The number of carbonyl (C=O) groups is 1. The van der Waals surface area contributed by atoms with Crippen molar-refractivity contribution in [1.82, 2.24) is 15.3 Å². The molecule has 5 heteroatoms. The highest BCUT2D eigenvalue weighted by atomic mass is 32.1. The first kappa shape index (κ1) is 10.9. The van der Waals surface area contributed by atoms with Crippen LogP contribution < -0.4 is 5.32 Å². The first-order valence-corrected chi connectivity index (χ1v) is 5.82. The van der Waals surface area contributed by atoms with Gasteiger partial charge in [-0.3, -0.25) is 4.79 Å². The summed E-state index contributed by atoms with van der Waals surface area (Å²) in [7, 11) is 0. The molecule has 0 saturated carbocycles. The van der Waals surface area contributed by atoms with Gasteiger partial charge in [-0.1, -0.05) is 0 Å². The molecule has 2 aromatic heterocycles. The van der Waals surface area contributed by atoms with E-state index in [0.29, 0.717) is 6.54 Å². The van der Waals surface area contributed by atoms with E-state index in [0.717, 1.165) is 21.1 Å². The van der Waals surface area contributed by atoms with Crippen LogP contribution in [0, 0.1) is 13.8 Å². The molecule has 0 unspecified atom stereocenters. The maximum Gasteiger partial charge on any atom is 0.252 e. The van der Waals surface area contributed by atoms with Crippen molar-refractivity contribution in [3.63, 3.8) is 0 Å². The summed E-state index contributed by atoms with van der Waals surface area (Å²) in [5, 5.41) is 2.83. The molecule has 0 radical (unpaired) electrons. The lowest BCUT2D eigenvalue weighted by atomic mass is 10.2. The average molecular weight is 235 g/mol. The van der Waals surface area contributed by atoms with Crippen LogP contribution in [-0.2, 0) is 6.54 Å². The minimum absolute atomic E-state index is 0.0433. The van der Waals surface area contributed by atoms with E-state index < -0.39 is 0 Å². The van der Waals surface area contributed by atoms with E-state index in [-0.39, 0.29) is 5.91 Å². The summed E-state index contributed by atoms with van der Waals surface area (Å²) in [6.45, 7) is 4.39. The number of H-pyrrole nitrogens is 1. The Kier molecular flexibility index (Phi) is 3.05. The van der Waals surface area contributed by atoms with Crippen LogP contribution in [0.1, 0.15) is 25.9 Å². The molecule has 0 atom stereocenters. The number of aryl methyl sites for hydroxylation is 2. The number of imidazole rings is 1. The van der Waals surface area contributed by atoms with Gasteiger partial charge in [-0.05, 0) is 19.9 Å². The zero-order valence-electron chi connectivity index (χ0n) is 9.20. The predicted octanol–water partition coefficient (Wildman–Crippen LogP) is 2.02. The lowest BCUT2D eigenvalue weighted by molar-refractivity contribution is 0.0950. The van der Waals surface area contributed by atoms with Gasteiger partial charge in [0.15, 0.2) is 0 Å². The third-order valence-electron chi connectivity index (χ3n) is 2.26. The van der Waals surface area contributed by atoms with Gasteiger partial charge >= 0.3 is 0 Å². The maximum atomic E-state index is 11.8. The number of rotatable bonds is 3. The summed E-state index contributed by atoms with van der Waals surface area (Å²) in [4.78, 5) is 21.0. The quantitative estimate of drug-likeness (QED) is 0.855. The van der Waals surface area contributed by atoms with Gasteiger partial charge in [0.1, 0.15) is 5.82 Å². The fraction of sp³-hybridized carbons (Fsp3) is 0.273. The topological polar surface area (TPSA) is 57.8 Å². The van der Waals surface area contributed by atoms with Crippen molar-refractivity contribution in [2.75, 3.05) is 0 Å².